The molecule has 0 saturated carbocycles. The van der Waals surface area contributed by atoms with E-state index in [9.17, 15) is 0 Å². The van der Waals surface area contributed by atoms with Gasteiger partial charge in [-0.1, -0.05) is 23.4 Å². The number of para-hydroxylation sites is 1. The normalized spacial score (nSPS) is 11.7. The third-order valence-corrected chi connectivity index (χ3v) is 2.57. The van der Waals surface area contributed by atoms with Crippen LogP contribution in [-0.2, 0) is 0 Å². The number of nitrogens with zero attached hydrogens (tertiary/aromatic N) is 2. The van der Waals surface area contributed by atoms with E-state index in [1.807, 2.05) is 37.3 Å². The summed E-state index contributed by atoms with van der Waals surface area (Å²) in [5.41, 5.74) is 7.15. The van der Waals surface area contributed by atoms with Crippen molar-refractivity contribution in [3.63, 3.8) is 0 Å². The molecular weight excluding hydrogens is 230 g/mol. The van der Waals surface area contributed by atoms with Crippen molar-refractivity contribution < 1.29 is 9.94 Å². The number of nitrogens with two attached hydrogens (primary N) is 1. The molecule has 0 aliphatic rings. The number of aryl methyl sites for hydroxylation is 1. The molecule has 1 heterocycles. The van der Waals surface area contributed by atoms with Crippen LogP contribution >= 0.6 is 0 Å². The van der Waals surface area contributed by atoms with Crippen molar-refractivity contribution in [2.24, 2.45) is 10.9 Å². The van der Waals surface area contributed by atoms with E-state index in [-0.39, 0.29) is 5.84 Å². The SMILES string of the molecule is Cc1ccc2cccc(OCCC(N)=NO)c2n1. The number of hydrogen-bond acceptors (Lipinski definition) is 4. The molecule has 5 nitrogen and oxygen atoms in total. The highest BCUT2D eigenvalue weighted by molar-refractivity contribution is 5.84. The quantitative estimate of drug-likeness (QED) is 0.374. The van der Waals surface area contributed by atoms with E-state index in [0.29, 0.717) is 18.8 Å². The fraction of sp³-hybridized carbons (Fsp3) is 0.231. The van der Waals surface area contributed by atoms with Gasteiger partial charge >= 0.3 is 0 Å². The minimum Gasteiger partial charge on any atom is -0.491 e. The van der Waals surface area contributed by atoms with Crippen molar-refractivity contribution in [3.8, 4) is 5.75 Å². The summed E-state index contributed by atoms with van der Waals surface area (Å²) in [5.74, 6) is 0.862. The smallest absolute Gasteiger partial charge is 0.145 e. The third kappa shape index (κ3) is 2.68. The molecule has 18 heavy (non-hydrogen) atoms. The lowest BCUT2D eigenvalue weighted by Crippen LogP contribution is -2.15. The lowest BCUT2D eigenvalue weighted by molar-refractivity contribution is 0.306. The Morgan fingerprint density at radius 2 is 2.22 bits per heavy atom. The van der Waals surface area contributed by atoms with E-state index >= 15 is 0 Å². The number of hydrogen-bond donors (Lipinski definition) is 2. The van der Waals surface area contributed by atoms with Gasteiger partial charge in [0.1, 0.15) is 17.1 Å². The predicted octanol–water partition coefficient (Wildman–Crippen LogP) is 2.06. The Balaban J connectivity index is 2.20. The van der Waals surface area contributed by atoms with Gasteiger partial charge in [0.25, 0.3) is 0 Å². The standard InChI is InChI=1S/C13H15N3O2/c1-9-5-6-10-3-2-4-11(13(10)15-9)18-8-7-12(14)16-17/h2-6,17H,7-8H2,1H3,(H2,14,16). The van der Waals surface area contributed by atoms with Crippen LogP contribution in [0.5, 0.6) is 5.75 Å². The Kier molecular flexibility index (Phi) is 3.62. The minimum absolute atomic E-state index is 0.152. The summed E-state index contributed by atoms with van der Waals surface area (Å²) < 4.78 is 5.61. The summed E-state index contributed by atoms with van der Waals surface area (Å²) in [6.07, 6.45) is 0.374. The molecule has 2 rings (SSSR count). The van der Waals surface area contributed by atoms with Crippen molar-refractivity contribution in [2.45, 2.75) is 13.3 Å². The van der Waals surface area contributed by atoms with Gasteiger partial charge in [-0.25, -0.2) is 4.98 Å². The number of benzene rings is 1. The summed E-state index contributed by atoms with van der Waals surface area (Å²) in [4.78, 5) is 4.46. The van der Waals surface area contributed by atoms with Crippen LogP contribution in [0.15, 0.2) is 35.5 Å². The Hall–Kier alpha value is -2.30. The van der Waals surface area contributed by atoms with E-state index in [0.717, 1.165) is 16.6 Å². The minimum atomic E-state index is 0.152. The molecule has 0 aliphatic heterocycles. The van der Waals surface area contributed by atoms with Crippen molar-refractivity contribution in [2.75, 3.05) is 6.61 Å². The maximum absolute atomic E-state index is 8.44. The number of rotatable bonds is 4. The second kappa shape index (κ2) is 5.35. The first-order valence-corrected chi connectivity index (χ1v) is 5.66. The Morgan fingerprint density at radius 1 is 1.39 bits per heavy atom. The van der Waals surface area contributed by atoms with Crippen LogP contribution in [0.2, 0.25) is 0 Å². The van der Waals surface area contributed by atoms with Crippen molar-refractivity contribution >= 4 is 16.7 Å². The van der Waals surface area contributed by atoms with Crippen LogP contribution in [-0.4, -0.2) is 22.6 Å². The molecule has 0 saturated heterocycles. The van der Waals surface area contributed by atoms with Crippen LogP contribution in [0.25, 0.3) is 10.9 Å². The lowest BCUT2D eigenvalue weighted by atomic mass is 10.2. The molecule has 0 spiro atoms. The Morgan fingerprint density at radius 3 is 3.00 bits per heavy atom. The second-order valence-corrected chi connectivity index (χ2v) is 3.97. The number of fused-ring (bicyclic) bond motifs is 1. The molecule has 94 valence electrons. The number of ether oxygens (including phenoxy) is 1. The number of pyridine rings is 1. The van der Waals surface area contributed by atoms with Crippen LogP contribution in [0.1, 0.15) is 12.1 Å². The maximum atomic E-state index is 8.44. The zero-order valence-corrected chi connectivity index (χ0v) is 10.1. The fourth-order valence-corrected chi connectivity index (χ4v) is 1.65. The van der Waals surface area contributed by atoms with Crippen LogP contribution in [0.4, 0.5) is 0 Å². The van der Waals surface area contributed by atoms with Gasteiger partial charge in [-0.3, -0.25) is 0 Å². The van der Waals surface area contributed by atoms with Crippen LogP contribution in [0, 0.1) is 6.92 Å². The molecule has 0 radical (unpaired) electrons. The van der Waals surface area contributed by atoms with E-state index in [1.54, 1.807) is 0 Å². The van der Waals surface area contributed by atoms with Gasteiger partial charge in [-0.05, 0) is 19.1 Å². The highest BCUT2D eigenvalue weighted by Gasteiger charge is 2.04. The largest absolute Gasteiger partial charge is 0.491 e. The van der Waals surface area contributed by atoms with E-state index < -0.39 is 0 Å². The molecule has 0 amide bonds. The number of amidine groups is 1. The van der Waals surface area contributed by atoms with Gasteiger partial charge in [0.2, 0.25) is 0 Å². The first kappa shape index (κ1) is 12.2. The molecular formula is C13H15N3O2. The highest BCUT2D eigenvalue weighted by Crippen LogP contribution is 2.23. The molecule has 0 atom stereocenters. The summed E-state index contributed by atoms with van der Waals surface area (Å²) >= 11 is 0. The summed E-state index contributed by atoms with van der Waals surface area (Å²) in [6, 6.07) is 9.73. The molecule has 1 aromatic carbocycles. The van der Waals surface area contributed by atoms with Gasteiger partial charge < -0.3 is 15.7 Å². The molecule has 3 N–H and O–H groups in total. The van der Waals surface area contributed by atoms with E-state index in [2.05, 4.69) is 10.1 Å². The molecule has 0 fully saturated rings. The molecule has 0 unspecified atom stereocenters. The summed E-state index contributed by atoms with van der Waals surface area (Å²) in [7, 11) is 0. The van der Waals surface area contributed by atoms with Crippen LogP contribution in [0.3, 0.4) is 0 Å². The topological polar surface area (TPSA) is 80.7 Å². The first-order chi connectivity index (χ1) is 8.70. The van der Waals surface area contributed by atoms with Crippen LogP contribution < -0.4 is 10.5 Å². The van der Waals surface area contributed by atoms with E-state index in [1.165, 1.54) is 0 Å². The summed E-state index contributed by atoms with van der Waals surface area (Å²) in [6.45, 7) is 2.29. The van der Waals surface area contributed by atoms with E-state index in [4.69, 9.17) is 15.7 Å². The third-order valence-electron chi connectivity index (χ3n) is 2.57. The number of oxime groups is 1. The lowest BCUT2D eigenvalue weighted by Gasteiger charge is -2.08. The zero-order valence-electron chi connectivity index (χ0n) is 10.1. The Bertz CT molecular complexity index is 581. The van der Waals surface area contributed by atoms with Crippen molar-refractivity contribution in [1.29, 1.82) is 0 Å². The second-order valence-electron chi connectivity index (χ2n) is 3.97. The average molecular weight is 245 g/mol. The van der Waals surface area contributed by atoms with Gasteiger partial charge in [0.15, 0.2) is 0 Å². The molecule has 5 heteroatoms. The first-order valence-electron chi connectivity index (χ1n) is 5.66. The van der Waals surface area contributed by atoms with Gasteiger partial charge in [-0.2, -0.15) is 0 Å². The van der Waals surface area contributed by atoms with Crippen molar-refractivity contribution in [1.82, 2.24) is 4.98 Å². The van der Waals surface area contributed by atoms with Gasteiger partial charge in [0, 0.05) is 17.5 Å². The molecule has 2 aromatic rings. The monoisotopic (exact) mass is 245 g/mol. The number of aromatic nitrogens is 1. The molecule has 1 aromatic heterocycles. The molecule has 0 bridgehead atoms. The maximum Gasteiger partial charge on any atom is 0.145 e. The molecule has 0 aliphatic carbocycles. The van der Waals surface area contributed by atoms with Gasteiger partial charge in [0.05, 0.1) is 6.61 Å². The predicted molar refractivity (Wildman–Crippen MR) is 70.0 cm³/mol. The fourth-order valence-electron chi connectivity index (χ4n) is 1.65. The average Bonchev–Trinajstić information content (AvgIpc) is 2.39. The zero-order chi connectivity index (χ0) is 13.0. The van der Waals surface area contributed by atoms with Crippen molar-refractivity contribution in [3.05, 3.63) is 36.0 Å². The Labute approximate surface area is 105 Å². The van der Waals surface area contributed by atoms with Gasteiger partial charge in [-0.15, -0.1) is 0 Å². The summed E-state index contributed by atoms with van der Waals surface area (Å²) in [5, 5.41) is 12.4. The highest BCUT2D eigenvalue weighted by atomic mass is 16.5.